The molecule has 7 nitrogen and oxygen atoms in total. The lowest BCUT2D eigenvalue weighted by Gasteiger charge is -2.23. The summed E-state index contributed by atoms with van der Waals surface area (Å²) in [6.07, 6.45) is 6.32. The lowest BCUT2D eigenvalue weighted by molar-refractivity contribution is -0.129. The summed E-state index contributed by atoms with van der Waals surface area (Å²) in [6, 6.07) is 6.68. The van der Waals surface area contributed by atoms with Gasteiger partial charge in [0.1, 0.15) is 0 Å². The number of rotatable bonds is 5. The van der Waals surface area contributed by atoms with Gasteiger partial charge in [0.15, 0.2) is 0 Å². The Morgan fingerprint density at radius 2 is 1.79 bits per heavy atom. The summed E-state index contributed by atoms with van der Waals surface area (Å²) in [5.41, 5.74) is 0.456. The first-order chi connectivity index (χ1) is 13.4. The predicted molar refractivity (Wildman–Crippen MR) is 105 cm³/mol. The summed E-state index contributed by atoms with van der Waals surface area (Å²) in [5.74, 6) is -0.547. The van der Waals surface area contributed by atoms with Crippen LogP contribution in [0.1, 0.15) is 44.9 Å². The fraction of sp³-hybridized carbons (Fsp3) is 0.600. The number of nitrogens with zero attached hydrogens (tertiary/aromatic N) is 2. The molecule has 1 aromatic carbocycles. The Bertz CT molecular complexity index is 858. The number of amides is 2. The van der Waals surface area contributed by atoms with Crippen molar-refractivity contribution in [3.8, 4) is 0 Å². The molecule has 1 N–H and O–H groups in total. The average Bonchev–Trinajstić information content (AvgIpc) is 3.43. The normalized spacial score (nSPS) is 24.2. The Kier molecular flexibility index (Phi) is 5.42. The third-order valence-corrected chi connectivity index (χ3v) is 7.99. The highest BCUT2D eigenvalue weighted by Gasteiger charge is 2.38. The summed E-state index contributed by atoms with van der Waals surface area (Å²) in [5, 5.41) is 2.82. The molecule has 2 heterocycles. The molecule has 0 bridgehead atoms. The number of anilines is 1. The summed E-state index contributed by atoms with van der Waals surface area (Å²) >= 11 is 0. The van der Waals surface area contributed by atoms with Crippen LogP contribution in [0.15, 0.2) is 29.2 Å². The maximum absolute atomic E-state index is 12.7. The van der Waals surface area contributed by atoms with Crippen LogP contribution < -0.4 is 5.32 Å². The third-order valence-electron chi connectivity index (χ3n) is 6.10. The second-order valence-electron chi connectivity index (χ2n) is 8.01. The molecular formula is C20H27N3O4S. The zero-order chi connectivity index (χ0) is 19.7. The van der Waals surface area contributed by atoms with Crippen molar-refractivity contribution in [3.05, 3.63) is 24.3 Å². The van der Waals surface area contributed by atoms with Gasteiger partial charge in [0, 0.05) is 37.8 Å². The summed E-state index contributed by atoms with van der Waals surface area (Å²) in [7, 11) is -3.52. The molecule has 2 saturated heterocycles. The van der Waals surface area contributed by atoms with E-state index in [2.05, 4.69) is 5.32 Å². The van der Waals surface area contributed by atoms with Gasteiger partial charge < -0.3 is 10.2 Å². The second kappa shape index (κ2) is 7.83. The van der Waals surface area contributed by atoms with Gasteiger partial charge in [-0.15, -0.1) is 0 Å². The quantitative estimate of drug-likeness (QED) is 0.814. The van der Waals surface area contributed by atoms with Crippen LogP contribution in [0.2, 0.25) is 0 Å². The molecule has 1 saturated carbocycles. The number of likely N-dealkylation sites (tertiary alicyclic amines) is 1. The minimum atomic E-state index is -3.52. The molecule has 1 aromatic rings. The number of nitrogens with one attached hydrogen (secondary N) is 1. The standard InChI is InChI=1S/C20H27N3O4S/c24-19-12-15(14-23(19)17-7-1-2-8-17)20(25)21-16-6-5-9-18(13-16)28(26,27)22-10-3-4-11-22/h5-6,9,13,15,17H,1-4,7-8,10-12,14H2,(H,21,25). The van der Waals surface area contributed by atoms with Crippen LogP contribution in [0.5, 0.6) is 0 Å². The van der Waals surface area contributed by atoms with Crippen molar-refractivity contribution in [2.24, 2.45) is 5.92 Å². The van der Waals surface area contributed by atoms with Crippen molar-refractivity contribution in [2.75, 3.05) is 25.0 Å². The number of benzene rings is 1. The van der Waals surface area contributed by atoms with E-state index in [9.17, 15) is 18.0 Å². The lowest BCUT2D eigenvalue weighted by Crippen LogP contribution is -2.35. The van der Waals surface area contributed by atoms with Crippen LogP contribution in [-0.2, 0) is 19.6 Å². The van der Waals surface area contributed by atoms with E-state index in [0.717, 1.165) is 38.5 Å². The molecule has 1 atom stereocenters. The van der Waals surface area contributed by atoms with E-state index in [4.69, 9.17) is 0 Å². The molecule has 0 radical (unpaired) electrons. The molecular weight excluding hydrogens is 378 g/mol. The molecule has 8 heteroatoms. The van der Waals surface area contributed by atoms with Crippen LogP contribution in [-0.4, -0.2) is 55.1 Å². The van der Waals surface area contributed by atoms with Crippen molar-refractivity contribution >= 4 is 27.5 Å². The Labute approximate surface area is 166 Å². The van der Waals surface area contributed by atoms with Crippen LogP contribution in [0.3, 0.4) is 0 Å². The molecule has 0 aromatic heterocycles. The van der Waals surface area contributed by atoms with Gasteiger partial charge >= 0.3 is 0 Å². The molecule has 28 heavy (non-hydrogen) atoms. The Morgan fingerprint density at radius 1 is 1.07 bits per heavy atom. The van der Waals surface area contributed by atoms with E-state index in [1.165, 1.54) is 10.4 Å². The maximum Gasteiger partial charge on any atom is 0.243 e. The van der Waals surface area contributed by atoms with E-state index >= 15 is 0 Å². The van der Waals surface area contributed by atoms with E-state index in [1.807, 2.05) is 4.90 Å². The van der Waals surface area contributed by atoms with Crippen LogP contribution >= 0.6 is 0 Å². The van der Waals surface area contributed by atoms with E-state index in [-0.39, 0.29) is 35.1 Å². The second-order valence-corrected chi connectivity index (χ2v) is 9.95. The molecule has 3 aliphatic rings. The minimum absolute atomic E-state index is 0.0532. The molecule has 2 aliphatic heterocycles. The van der Waals surface area contributed by atoms with Gasteiger partial charge in [0.2, 0.25) is 21.8 Å². The zero-order valence-corrected chi connectivity index (χ0v) is 16.8. The molecule has 3 fully saturated rings. The van der Waals surface area contributed by atoms with Crippen molar-refractivity contribution in [1.29, 1.82) is 0 Å². The van der Waals surface area contributed by atoms with E-state index < -0.39 is 10.0 Å². The maximum atomic E-state index is 12.7. The zero-order valence-electron chi connectivity index (χ0n) is 16.0. The van der Waals surface area contributed by atoms with Gasteiger partial charge in [-0.25, -0.2) is 8.42 Å². The minimum Gasteiger partial charge on any atom is -0.339 e. The smallest absolute Gasteiger partial charge is 0.243 e. The topological polar surface area (TPSA) is 86.8 Å². The monoisotopic (exact) mass is 405 g/mol. The van der Waals surface area contributed by atoms with Gasteiger partial charge in [-0.3, -0.25) is 9.59 Å². The highest BCUT2D eigenvalue weighted by atomic mass is 32.2. The first kappa shape index (κ1) is 19.4. The molecule has 4 rings (SSSR count). The molecule has 2 amide bonds. The highest BCUT2D eigenvalue weighted by molar-refractivity contribution is 7.89. The Hall–Kier alpha value is -1.93. The van der Waals surface area contributed by atoms with Crippen molar-refractivity contribution in [3.63, 3.8) is 0 Å². The number of hydrogen-bond donors (Lipinski definition) is 1. The summed E-state index contributed by atoms with van der Waals surface area (Å²) in [4.78, 5) is 27.1. The van der Waals surface area contributed by atoms with E-state index in [0.29, 0.717) is 25.3 Å². The van der Waals surface area contributed by atoms with Crippen molar-refractivity contribution in [1.82, 2.24) is 9.21 Å². The third kappa shape index (κ3) is 3.80. The van der Waals surface area contributed by atoms with Crippen LogP contribution in [0, 0.1) is 5.92 Å². The van der Waals surface area contributed by atoms with Gasteiger partial charge in [-0.2, -0.15) is 4.31 Å². The number of carbonyl (C=O) groups is 2. The lowest BCUT2D eigenvalue weighted by atomic mass is 10.1. The summed E-state index contributed by atoms with van der Waals surface area (Å²) in [6.45, 7) is 1.54. The first-order valence-corrected chi connectivity index (χ1v) is 11.6. The van der Waals surface area contributed by atoms with Crippen LogP contribution in [0.4, 0.5) is 5.69 Å². The van der Waals surface area contributed by atoms with Gasteiger partial charge in [0.05, 0.1) is 10.8 Å². The molecule has 152 valence electrons. The van der Waals surface area contributed by atoms with E-state index in [1.54, 1.807) is 18.2 Å². The number of sulfonamides is 1. The molecule has 1 unspecified atom stereocenters. The predicted octanol–water partition coefficient (Wildman–Crippen LogP) is 2.20. The van der Waals surface area contributed by atoms with Crippen molar-refractivity contribution in [2.45, 2.75) is 55.9 Å². The first-order valence-electron chi connectivity index (χ1n) is 10.2. The van der Waals surface area contributed by atoms with Crippen LogP contribution in [0.25, 0.3) is 0 Å². The average molecular weight is 406 g/mol. The SMILES string of the molecule is O=C(Nc1cccc(S(=O)(=O)N2CCCC2)c1)C1CC(=O)N(C2CCCC2)C1. The van der Waals surface area contributed by atoms with Gasteiger partial charge in [-0.05, 0) is 43.9 Å². The molecule has 0 spiro atoms. The fourth-order valence-electron chi connectivity index (χ4n) is 4.53. The number of carbonyl (C=O) groups excluding carboxylic acids is 2. The van der Waals surface area contributed by atoms with Gasteiger partial charge in [0.25, 0.3) is 0 Å². The Morgan fingerprint density at radius 3 is 2.50 bits per heavy atom. The molecule has 1 aliphatic carbocycles. The van der Waals surface area contributed by atoms with Crippen molar-refractivity contribution < 1.29 is 18.0 Å². The highest BCUT2D eigenvalue weighted by Crippen LogP contribution is 2.30. The number of hydrogen-bond acceptors (Lipinski definition) is 4. The Balaban J connectivity index is 1.43. The summed E-state index contributed by atoms with van der Waals surface area (Å²) < 4.78 is 26.9. The van der Waals surface area contributed by atoms with Gasteiger partial charge in [-0.1, -0.05) is 18.9 Å². The fourth-order valence-corrected chi connectivity index (χ4v) is 6.10. The largest absolute Gasteiger partial charge is 0.339 e.